The van der Waals surface area contributed by atoms with E-state index in [-0.39, 0.29) is 10.9 Å². The zero-order chi connectivity index (χ0) is 24.9. The van der Waals surface area contributed by atoms with Crippen molar-refractivity contribution in [3.63, 3.8) is 0 Å². The molecular weight excluding hydrogens is 452 g/mol. The number of ether oxygens (including phenoxy) is 1. The zero-order valence-electron chi connectivity index (χ0n) is 19.5. The van der Waals surface area contributed by atoms with Crippen LogP contribution in [0.3, 0.4) is 0 Å². The van der Waals surface area contributed by atoms with E-state index < -0.39 is 0 Å². The number of hydrogen-bond acceptors (Lipinski definition) is 5. The van der Waals surface area contributed by atoms with Gasteiger partial charge in [0.2, 0.25) is 0 Å². The summed E-state index contributed by atoms with van der Waals surface area (Å²) in [6, 6.07) is 34.6. The van der Waals surface area contributed by atoms with Crippen LogP contribution >= 0.6 is 0 Å². The highest BCUT2D eigenvalue weighted by atomic mass is 16.5. The topological polar surface area (TPSA) is 69.7 Å². The van der Waals surface area contributed by atoms with Gasteiger partial charge in [-0.25, -0.2) is 0 Å². The first kappa shape index (κ1) is 22.9. The van der Waals surface area contributed by atoms with E-state index in [0.717, 1.165) is 16.9 Å². The van der Waals surface area contributed by atoms with E-state index in [9.17, 15) is 9.59 Å². The average Bonchev–Trinajstić information content (AvgIpc) is 2.94. The minimum atomic E-state index is -0.0346. The van der Waals surface area contributed by atoms with Crippen LogP contribution < -0.4 is 15.6 Å². The van der Waals surface area contributed by atoms with Crippen LogP contribution in [0.4, 0.5) is 0 Å². The monoisotopic (exact) mass is 474 g/mol. The molecule has 0 aliphatic carbocycles. The highest BCUT2D eigenvalue weighted by Crippen LogP contribution is 2.24. The first-order chi connectivity index (χ1) is 17.6. The lowest BCUT2D eigenvalue weighted by molar-refractivity contribution is 0.415. The SMILES string of the molecule is COc1ccc(-c2cc(=O)c3ccccc3o2)cc1.O=c1cc(-c2ccccc2)oc2ccccc12. The van der Waals surface area contributed by atoms with Crippen LogP contribution in [0, 0.1) is 0 Å². The van der Waals surface area contributed by atoms with E-state index in [4.69, 9.17) is 13.6 Å². The van der Waals surface area contributed by atoms with Gasteiger partial charge in [-0.3, -0.25) is 9.59 Å². The van der Waals surface area contributed by atoms with Crippen molar-refractivity contribution < 1.29 is 13.6 Å². The minimum Gasteiger partial charge on any atom is -0.497 e. The Balaban J connectivity index is 0.000000149. The molecule has 0 amide bonds. The molecule has 5 nitrogen and oxygen atoms in total. The van der Waals surface area contributed by atoms with Gasteiger partial charge < -0.3 is 13.6 Å². The van der Waals surface area contributed by atoms with Crippen molar-refractivity contribution in [2.45, 2.75) is 0 Å². The zero-order valence-corrected chi connectivity index (χ0v) is 19.5. The van der Waals surface area contributed by atoms with Crippen molar-refractivity contribution >= 4 is 21.9 Å². The molecule has 6 rings (SSSR count). The standard InChI is InChI=1S/C16H12O3.C15H10O2/c1-18-12-8-6-11(7-9-12)16-10-14(17)13-4-2-3-5-15(13)19-16;16-13-10-15(11-6-2-1-3-7-11)17-14-9-5-4-8-12(13)14/h2-10H,1H3;1-10H. The van der Waals surface area contributed by atoms with Crippen LogP contribution in [0.5, 0.6) is 5.75 Å². The third-order valence-electron chi connectivity index (χ3n) is 5.70. The summed E-state index contributed by atoms with van der Waals surface area (Å²) >= 11 is 0. The number of fused-ring (bicyclic) bond motifs is 2. The molecule has 0 fully saturated rings. The summed E-state index contributed by atoms with van der Waals surface area (Å²) in [5, 5.41) is 1.21. The maximum atomic E-state index is 12.0. The molecule has 0 saturated heterocycles. The second-order valence-electron chi connectivity index (χ2n) is 8.04. The Labute approximate surface area is 206 Å². The average molecular weight is 475 g/mol. The Bertz CT molecular complexity index is 1750. The van der Waals surface area contributed by atoms with E-state index in [0.29, 0.717) is 33.5 Å². The Morgan fingerprint density at radius 2 is 0.972 bits per heavy atom. The molecule has 176 valence electrons. The molecule has 0 bridgehead atoms. The lowest BCUT2D eigenvalue weighted by Gasteiger charge is -2.04. The van der Waals surface area contributed by atoms with E-state index in [2.05, 4.69) is 0 Å². The lowest BCUT2D eigenvalue weighted by atomic mass is 10.1. The summed E-state index contributed by atoms with van der Waals surface area (Å²) in [4.78, 5) is 23.9. The highest BCUT2D eigenvalue weighted by molar-refractivity contribution is 5.79. The Morgan fingerprint density at radius 3 is 1.47 bits per heavy atom. The van der Waals surface area contributed by atoms with Gasteiger partial charge in [0.05, 0.1) is 17.9 Å². The van der Waals surface area contributed by atoms with E-state index in [1.165, 1.54) is 12.1 Å². The predicted octanol–water partition coefficient (Wildman–Crippen LogP) is 6.93. The third-order valence-corrected chi connectivity index (χ3v) is 5.70. The fraction of sp³-hybridized carbons (Fsp3) is 0.0323. The van der Waals surface area contributed by atoms with Crippen molar-refractivity contribution in [2.24, 2.45) is 0 Å². The van der Waals surface area contributed by atoms with Gasteiger partial charge in [-0.1, -0.05) is 54.6 Å². The van der Waals surface area contributed by atoms with Gasteiger partial charge >= 0.3 is 0 Å². The maximum absolute atomic E-state index is 12.0. The fourth-order valence-corrected chi connectivity index (χ4v) is 3.85. The van der Waals surface area contributed by atoms with Gasteiger partial charge in [-0.15, -0.1) is 0 Å². The molecule has 36 heavy (non-hydrogen) atoms. The third kappa shape index (κ3) is 4.81. The van der Waals surface area contributed by atoms with E-state index in [1.54, 1.807) is 25.3 Å². The minimum absolute atomic E-state index is 0.00861. The number of rotatable bonds is 3. The smallest absolute Gasteiger partial charge is 0.193 e. The maximum Gasteiger partial charge on any atom is 0.193 e. The van der Waals surface area contributed by atoms with E-state index >= 15 is 0 Å². The first-order valence-corrected chi connectivity index (χ1v) is 11.4. The summed E-state index contributed by atoms with van der Waals surface area (Å²) in [5.74, 6) is 1.94. The van der Waals surface area contributed by atoms with Gasteiger partial charge in [0.25, 0.3) is 0 Å². The molecule has 5 heteroatoms. The quantitative estimate of drug-likeness (QED) is 0.278. The number of methoxy groups -OCH3 is 1. The molecule has 2 aromatic heterocycles. The molecule has 0 radical (unpaired) electrons. The first-order valence-electron chi connectivity index (χ1n) is 11.4. The van der Waals surface area contributed by atoms with E-state index in [1.807, 2.05) is 84.9 Å². The molecule has 6 aromatic rings. The second kappa shape index (κ2) is 10.2. The van der Waals surface area contributed by atoms with Crippen molar-refractivity contribution in [3.05, 3.63) is 136 Å². The van der Waals surface area contributed by atoms with Crippen molar-refractivity contribution in [1.29, 1.82) is 0 Å². The number of para-hydroxylation sites is 2. The number of benzene rings is 4. The van der Waals surface area contributed by atoms with Gasteiger partial charge in [0.15, 0.2) is 10.9 Å². The summed E-state index contributed by atoms with van der Waals surface area (Å²) in [7, 11) is 1.62. The van der Waals surface area contributed by atoms with Gasteiger partial charge in [-0.2, -0.15) is 0 Å². The lowest BCUT2D eigenvalue weighted by Crippen LogP contribution is -1.99. The molecular formula is C31H22O5. The van der Waals surface area contributed by atoms with Crippen LogP contribution in [-0.2, 0) is 0 Å². The van der Waals surface area contributed by atoms with Crippen LogP contribution in [0.15, 0.2) is 134 Å². The molecule has 0 aliphatic heterocycles. The second-order valence-corrected chi connectivity index (χ2v) is 8.04. The van der Waals surface area contributed by atoms with Crippen LogP contribution in [0.2, 0.25) is 0 Å². The summed E-state index contributed by atoms with van der Waals surface area (Å²) in [6.45, 7) is 0. The van der Waals surface area contributed by atoms with Crippen molar-refractivity contribution in [3.8, 4) is 28.4 Å². The molecule has 2 heterocycles. The molecule has 0 unspecified atom stereocenters. The molecule has 4 aromatic carbocycles. The highest BCUT2D eigenvalue weighted by Gasteiger charge is 2.07. The summed E-state index contributed by atoms with van der Waals surface area (Å²) in [6.07, 6.45) is 0. The van der Waals surface area contributed by atoms with Crippen LogP contribution in [0.25, 0.3) is 44.6 Å². The van der Waals surface area contributed by atoms with Crippen LogP contribution in [-0.4, -0.2) is 7.11 Å². The summed E-state index contributed by atoms with van der Waals surface area (Å²) < 4.78 is 16.6. The number of hydrogen-bond donors (Lipinski definition) is 0. The van der Waals surface area contributed by atoms with Crippen LogP contribution in [0.1, 0.15) is 0 Å². The predicted molar refractivity (Wildman–Crippen MR) is 142 cm³/mol. The van der Waals surface area contributed by atoms with Crippen molar-refractivity contribution in [1.82, 2.24) is 0 Å². The largest absolute Gasteiger partial charge is 0.497 e. The Kier molecular flexibility index (Phi) is 6.45. The Morgan fingerprint density at radius 1 is 0.528 bits per heavy atom. The normalized spacial score (nSPS) is 10.6. The van der Waals surface area contributed by atoms with Gasteiger partial charge in [-0.05, 0) is 48.5 Å². The van der Waals surface area contributed by atoms with Gasteiger partial charge in [0.1, 0.15) is 28.4 Å². The molecule has 0 saturated carbocycles. The molecule has 0 atom stereocenters. The van der Waals surface area contributed by atoms with Crippen molar-refractivity contribution in [2.75, 3.05) is 7.11 Å². The fourth-order valence-electron chi connectivity index (χ4n) is 3.85. The Hall–Kier alpha value is -4.90. The summed E-state index contributed by atoms with van der Waals surface area (Å²) in [5.41, 5.74) is 2.94. The molecule has 0 N–H and O–H groups in total. The molecule has 0 aliphatic rings. The van der Waals surface area contributed by atoms with Gasteiger partial charge in [0, 0.05) is 23.3 Å². The molecule has 0 spiro atoms.